The molecule has 0 unspecified atom stereocenters. The summed E-state index contributed by atoms with van der Waals surface area (Å²) in [6.45, 7) is 0.528. The number of amides is 1. The Kier molecular flexibility index (Phi) is 6.46. The normalized spacial score (nSPS) is 10.8. The smallest absolute Gasteiger partial charge is 0.255 e. The Morgan fingerprint density at radius 1 is 1.00 bits per heavy atom. The minimum atomic E-state index is -0.231. The van der Waals surface area contributed by atoms with Crippen molar-refractivity contribution in [2.45, 2.75) is 19.4 Å². The summed E-state index contributed by atoms with van der Waals surface area (Å²) >= 11 is 0. The molecule has 0 aliphatic heterocycles. The lowest BCUT2D eigenvalue weighted by Gasteiger charge is -2.11. The van der Waals surface area contributed by atoms with Crippen molar-refractivity contribution < 1.29 is 9.21 Å². The van der Waals surface area contributed by atoms with E-state index in [1.54, 1.807) is 30.5 Å². The molecular weight excluding hydrogens is 404 g/mol. The molecule has 1 amide bonds. The Hall–Kier alpha value is -4.13. The topological polar surface area (TPSA) is 103 Å². The second kappa shape index (κ2) is 9.78. The van der Waals surface area contributed by atoms with Crippen LogP contribution in [0.15, 0.2) is 88.3 Å². The summed E-state index contributed by atoms with van der Waals surface area (Å²) in [4.78, 5) is 29.1. The molecule has 32 heavy (non-hydrogen) atoms. The van der Waals surface area contributed by atoms with E-state index in [4.69, 9.17) is 10.2 Å². The van der Waals surface area contributed by atoms with E-state index in [-0.39, 0.29) is 30.5 Å². The van der Waals surface area contributed by atoms with Gasteiger partial charge < -0.3 is 15.5 Å². The van der Waals surface area contributed by atoms with E-state index in [1.165, 1.54) is 10.6 Å². The van der Waals surface area contributed by atoms with Crippen LogP contribution in [-0.2, 0) is 19.4 Å². The number of benzene rings is 2. The lowest BCUT2D eigenvalue weighted by atomic mass is 10.0. The quantitative estimate of drug-likeness (QED) is 0.448. The third-order valence-corrected chi connectivity index (χ3v) is 5.15. The highest BCUT2D eigenvalue weighted by Crippen LogP contribution is 2.21. The molecule has 0 bridgehead atoms. The molecule has 7 heteroatoms. The van der Waals surface area contributed by atoms with Crippen molar-refractivity contribution in [3.05, 3.63) is 106 Å². The number of hydrogen-bond acceptors (Lipinski definition) is 5. The first kappa shape index (κ1) is 21.1. The van der Waals surface area contributed by atoms with Gasteiger partial charge in [-0.15, -0.1) is 0 Å². The van der Waals surface area contributed by atoms with Crippen LogP contribution in [0, 0.1) is 0 Å². The van der Waals surface area contributed by atoms with Crippen LogP contribution in [0.5, 0.6) is 0 Å². The number of aryl methyl sites for hydroxylation is 2. The summed E-state index contributed by atoms with van der Waals surface area (Å²) in [5.41, 5.74) is 9.13. The van der Waals surface area contributed by atoms with E-state index in [0.717, 1.165) is 23.3 Å². The molecule has 0 aliphatic rings. The number of hydrogen-bond donors (Lipinski definition) is 2. The zero-order valence-electron chi connectivity index (χ0n) is 17.5. The fraction of sp³-hybridized carbons (Fsp3) is 0.160. The first-order valence-electron chi connectivity index (χ1n) is 10.4. The Morgan fingerprint density at radius 3 is 2.59 bits per heavy atom. The fourth-order valence-corrected chi connectivity index (χ4v) is 3.49. The summed E-state index contributed by atoms with van der Waals surface area (Å²) in [5.74, 6) is 0.764. The lowest BCUT2D eigenvalue weighted by molar-refractivity contribution is 0.0952. The van der Waals surface area contributed by atoms with Gasteiger partial charge in [-0.25, -0.2) is 4.98 Å². The van der Waals surface area contributed by atoms with Crippen LogP contribution >= 0.6 is 0 Å². The van der Waals surface area contributed by atoms with Crippen LogP contribution < -0.4 is 16.6 Å². The summed E-state index contributed by atoms with van der Waals surface area (Å²) < 4.78 is 6.82. The lowest BCUT2D eigenvalue weighted by Crippen LogP contribution is -2.32. The molecular formula is C25H24N4O3. The summed E-state index contributed by atoms with van der Waals surface area (Å²) in [5, 5.41) is 2.79. The maximum absolute atomic E-state index is 12.5. The number of nitrogens with zero attached hydrogens (tertiary/aromatic N) is 2. The Balaban J connectivity index is 1.36. The summed E-state index contributed by atoms with van der Waals surface area (Å²) in [6, 6.07) is 22.3. The van der Waals surface area contributed by atoms with Crippen molar-refractivity contribution in [2.24, 2.45) is 0 Å². The molecule has 2 heterocycles. The second-order valence-corrected chi connectivity index (χ2v) is 7.40. The maximum Gasteiger partial charge on any atom is 0.255 e. The van der Waals surface area contributed by atoms with Gasteiger partial charge in [-0.3, -0.25) is 14.2 Å². The van der Waals surface area contributed by atoms with Crippen LogP contribution in [0.25, 0.3) is 11.3 Å². The van der Waals surface area contributed by atoms with Gasteiger partial charge in [-0.05, 0) is 48.7 Å². The third-order valence-electron chi connectivity index (χ3n) is 5.15. The number of rotatable bonds is 8. The average Bonchev–Trinajstić information content (AvgIpc) is 3.35. The molecule has 0 saturated carbocycles. The Morgan fingerprint density at radius 2 is 1.84 bits per heavy atom. The van der Waals surface area contributed by atoms with E-state index in [2.05, 4.69) is 16.4 Å². The van der Waals surface area contributed by atoms with Gasteiger partial charge in [0.2, 0.25) is 5.95 Å². The van der Waals surface area contributed by atoms with E-state index in [9.17, 15) is 9.59 Å². The Labute approximate surface area is 185 Å². The molecule has 0 fully saturated rings. The van der Waals surface area contributed by atoms with Crippen molar-refractivity contribution in [1.82, 2.24) is 14.9 Å². The number of nitrogens with one attached hydrogen (secondary N) is 1. The SMILES string of the molecule is Nc1nc(CCc2cccc(-c3ccco3)c2)cc(=O)n1CCNC(=O)c1ccccc1. The van der Waals surface area contributed by atoms with Gasteiger partial charge in [0.05, 0.1) is 12.0 Å². The van der Waals surface area contributed by atoms with Gasteiger partial charge in [-0.2, -0.15) is 0 Å². The predicted octanol–water partition coefficient (Wildman–Crippen LogP) is 3.30. The second-order valence-electron chi connectivity index (χ2n) is 7.40. The van der Waals surface area contributed by atoms with Crippen molar-refractivity contribution in [3.8, 4) is 11.3 Å². The molecule has 3 N–H and O–H groups in total. The first-order chi connectivity index (χ1) is 15.6. The third kappa shape index (κ3) is 5.13. The highest BCUT2D eigenvalue weighted by atomic mass is 16.3. The van der Waals surface area contributed by atoms with Crippen molar-refractivity contribution in [3.63, 3.8) is 0 Å². The molecule has 0 atom stereocenters. The van der Waals surface area contributed by atoms with Gasteiger partial charge >= 0.3 is 0 Å². The molecule has 4 rings (SSSR count). The van der Waals surface area contributed by atoms with Crippen molar-refractivity contribution in [2.75, 3.05) is 12.3 Å². The zero-order chi connectivity index (χ0) is 22.3. The number of aromatic nitrogens is 2. The number of nitrogens with two attached hydrogens (primary N) is 1. The highest BCUT2D eigenvalue weighted by molar-refractivity contribution is 5.94. The minimum Gasteiger partial charge on any atom is -0.464 e. The van der Waals surface area contributed by atoms with E-state index >= 15 is 0 Å². The average molecular weight is 428 g/mol. The zero-order valence-corrected chi connectivity index (χ0v) is 17.5. The van der Waals surface area contributed by atoms with Crippen molar-refractivity contribution >= 4 is 11.9 Å². The van der Waals surface area contributed by atoms with Crippen LogP contribution in [0.1, 0.15) is 21.6 Å². The van der Waals surface area contributed by atoms with Gasteiger partial charge in [0.25, 0.3) is 11.5 Å². The fourth-order valence-electron chi connectivity index (χ4n) is 3.49. The molecule has 0 saturated heterocycles. The largest absolute Gasteiger partial charge is 0.464 e. The predicted molar refractivity (Wildman–Crippen MR) is 123 cm³/mol. The van der Waals surface area contributed by atoms with Crippen LogP contribution in [0.3, 0.4) is 0 Å². The van der Waals surface area contributed by atoms with Gasteiger partial charge in [0.15, 0.2) is 0 Å². The standard InChI is InChI=1S/C25H24N4O3/c26-25-28-21(12-11-18-6-4-9-20(16-18)22-10-5-15-32-22)17-23(30)29(25)14-13-27-24(31)19-7-2-1-3-8-19/h1-10,15-17H,11-14H2,(H2,26,28)(H,27,31). The van der Waals surface area contributed by atoms with E-state index in [1.807, 2.05) is 36.4 Å². The van der Waals surface area contributed by atoms with Gasteiger partial charge in [-0.1, -0.05) is 36.4 Å². The molecule has 162 valence electrons. The molecule has 4 aromatic rings. The van der Waals surface area contributed by atoms with Crippen LogP contribution in [0.2, 0.25) is 0 Å². The van der Waals surface area contributed by atoms with Crippen LogP contribution in [-0.4, -0.2) is 22.0 Å². The Bertz CT molecular complexity index is 1250. The van der Waals surface area contributed by atoms with Gasteiger partial charge in [0.1, 0.15) is 5.76 Å². The van der Waals surface area contributed by atoms with Crippen molar-refractivity contribution in [1.29, 1.82) is 0 Å². The summed E-state index contributed by atoms with van der Waals surface area (Å²) in [7, 11) is 0. The molecule has 0 radical (unpaired) electrons. The number of carbonyl (C=O) groups is 1. The van der Waals surface area contributed by atoms with Crippen LogP contribution in [0.4, 0.5) is 5.95 Å². The number of furan rings is 1. The highest BCUT2D eigenvalue weighted by Gasteiger charge is 2.09. The summed E-state index contributed by atoms with van der Waals surface area (Å²) in [6.07, 6.45) is 2.96. The minimum absolute atomic E-state index is 0.144. The first-order valence-corrected chi connectivity index (χ1v) is 10.4. The molecule has 2 aromatic heterocycles. The number of carbonyl (C=O) groups excluding carboxylic acids is 1. The van der Waals surface area contributed by atoms with E-state index in [0.29, 0.717) is 17.7 Å². The number of anilines is 1. The number of nitrogen functional groups attached to an aromatic ring is 1. The maximum atomic E-state index is 12.5. The molecule has 2 aromatic carbocycles. The van der Waals surface area contributed by atoms with Gasteiger partial charge in [0, 0.05) is 30.3 Å². The molecule has 0 aliphatic carbocycles. The molecule has 0 spiro atoms. The molecule has 7 nitrogen and oxygen atoms in total. The van der Waals surface area contributed by atoms with E-state index < -0.39 is 0 Å². The monoisotopic (exact) mass is 428 g/mol.